The Kier molecular flexibility index (Phi) is 3.79. The van der Waals surface area contributed by atoms with Crippen LogP contribution in [0.3, 0.4) is 0 Å². The van der Waals surface area contributed by atoms with E-state index in [0.29, 0.717) is 18.7 Å². The minimum absolute atomic E-state index is 0.0609. The van der Waals surface area contributed by atoms with E-state index < -0.39 is 0 Å². The first-order chi connectivity index (χ1) is 10.2. The zero-order valence-electron chi connectivity index (χ0n) is 11.9. The highest BCUT2D eigenvalue weighted by atomic mass is 32.1. The number of nitrogens with two attached hydrogens (primary N) is 1. The molecule has 1 aliphatic heterocycles. The van der Waals surface area contributed by atoms with Crippen LogP contribution < -0.4 is 16.4 Å². The molecule has 4 N–H and O–H groups in total. The van der Waals surface area contributed by atoms with Crippen LogP contribution in [0.2, 0.25) is 0 Å². The molecule has 0 saturated carbocycles. The number of nitrogens with one attached hydrogen (secondary N) is 2. The lowest BCUT2D eigenvalue weighted by Gasteiger charge is -2.19. The van der Waals surface area contributed by atoms with Crippen LogP contribution in [0.5, 0.6) is 0 Å². The number of benzene rings is 1. The first-order valence-electron chi connectivity index (χ1n) is 7.05. The average molecular weight is 302 g/mol. The van der Waals surface area contributed by atoms with Gasteiger partial charge in [-0.3, -0.25) is 4.79 Å². The molecule has 1 aliphatic rings. The van der Waals surface area contributed by atoms with E-state index in [1.54, 1.807) is 11.3 Å². The van der Waals surface area contributed by atoms with Gasteiger partial charge in [0.2, 0.25) is 5.91 Å². The van der Waals surface area contributed by atoms with E-state index in [-0.39, 0.29) is 5.91 Å². The van der Waals surface area contributed by atoms with Crippen LogP contribution in [-0.2, 0) is 24.2 Å². The van der Waals surface area contributed by atoms with Gasteiger partial charge in [-0.25, -0.2) is 4.98 Å². The molecular formula is C15H18N4OS. The molecule has 0 aliphatic carbocycles. The topological polar surface area (TPSA) is 80.0 Å². The Morgan fingerprint density at radius 3 is 3.05 bits per heavy atom. The first-order valence-corrected chi connectivity index (χ1v) is 7.87. The number of thiazole rings is 1. The molecule has 0 fully saturated rings. The fourth-order valence-corrected chi connectivity index (χ4v) is 3.17. The monoisotopic (exact) mass is 302 g/mol. The van der Waals surface area contributed by atoms with Gasteiger partial charge in [0.25, 0.3) is 0 Å². The molecule has 3 rings (SSSR count). The summed E-state index contributed by atoms with van der Waals surface area (Å²) in [5.41, 5.74) is 9.58. The van der Waals surface area contributed by atoms with Crippen LogP contribution in [0.4, 0.5) is 17.1 Å². The minimum Gasteiger partial charge on any atom is -0.397 e. The molecule has 5 nitrogen and oxygen atoms in total. The predicted molar refractivity (Wildman–Crippen MR) is 86.6 cm³/mol. The van der Waals surface area contributed by atoms with Gasteiger partial charge in [-0.2, -0.15) is 0 Å². The summed E-state index contributed by atoms with van der Waals surface area (Å²) in [4.78, 5) is 17.1. The lowest BCUT2D eigenvalue weighted by molar-refractivity contribution is -0.116. The SMILES string of the molecule is CCc1cnc(CNc2cc3c(cc2N)CCC(=O)N3)s1. The number of carbonyl (C=O) groups is 1. The van der Waals surface area contributed by atoms with E-state index in [9.17, 15) is 4.79 Å². The molecule has 1 aromatic carbocycles. The lowest BCUT2D eigenvalue weighted by Crippen LogP contribution is -2.19. The molecule has 0 unspecified atom stereocenters. The van der Waals surface area contributed by atoms with Crippen molar-refractivity contribution in [2.75, 3.05) is 16.4 Å². The highest BCUT2D eigenvalue weighted by Gasteiger charge is 2.16. The van der Waals surface area contributed by atoms with E-state index in [2.05, 4.69) is 22.5 Å². The summed E-state index contributed by atoms with van der Waals surface area (Å²) < 4.78 is 0. The summed E-state index contributed by atoms with van der Waals surface area (Å²) in [6, 6.07) is 3.85. The van der Waals surface area contributed by atoms with Crippen molar-refractivity contribution in [3.8, 4) is 0 Å². The number of fused-ring (bicyclic) bond motifs is 1. The molecule has 110 valence electrons. The molecule has 21 heavy (non-hydrogen) atoms. The standard InChI is InChI=1S/C15H18N4OS/c1-2-10-7-18-15(21-10)8-17-13-6-12-9(5-11(13)16)3-4-14(20)19-12/h5-7,17H,2-4,8,16H2,1H3,(H,19,20). The minimum atomic E-state index is 0.0609. The second-order valence-electron chi connectivity index (χ2n) is 5.07. The molecule has 6 heteroatoms. The third-order valence-corrected chi connectivity index (χ3v) is 4.69. The van der Waals surface area contributed by atoms with Crippen LogP contribution in [-0.4, -0.2) is 10.9 Å². The van der Waals surface area contributed by atoms with Crippen LogP contribution >= 0.6 is 11.3 Å². The number of aromatic nitrogens is 1. The second kappa shape index (κ2) is 5.73. The molecule has 1 amide bonds. The van der Waals surface area contributed by atoms with Crippen molar-refractivity contribution in [1.82, 2.24) is 4.98 Å². The normalized spacial score (nSPS) is 13.7. The maximum absolute atomic E-state index is 11.5. The van der Waals surface area contributed by atoms with Crippen LogP contribution in [0.15, 0.2) is 18.3 Å². The van der Waals surface area contributed by atoms with Gasteiger partial charge in [0, 0.05) is 23.2 Å². The summed E-state index contributed by atoms with van der Waals surface area (Å²) in [6.45, 7) is 2.76. The van der Waals surface area contributed by atoms with Crippen LogP contribution in [0, 0.1) is 0 Å². The van der Waals surface area contributed by atoms with Gasteiger partial charge in [-0.1, -0.05) is 6.92 Å². The molecule has 0 radical (unpaired) electrons. The number of aryl methyl sites for hydroxylation is 2. The zero-order valence-corrected chi connectivity index (χ0v) is 12.7. The number of amides is 1. The number of hydrogen-bond donors (Lipinski definition) is 3. The Morgan fingerprint density at radius 2 is 2.29 bits per heavy atom. The average Bonchev–Trinajstić information content (AvgIpc) is 2.93. The van der Waals surface area contributed by atoms with E-state index >= 15 is 0 Å². The number of nitrogen functional groups attached to an aromatic ring is 1. The number of carbonyl (C=O) groups excluding carboxylic acids is 1. The lowest BCUT2D eigenvalue weighted by atomic mass is 10.0. The first kappa shape index (κ1) is 13.9. The second-order valence-corrected chi connectivity index (χ2v) is 6.27. The molecule has 2 heterocycles. The Hall–Kier alpha value is -2.08. The van der Waals surface area contributed by atoms with Crippen molar-refractivity contribution in [2.24, 2.45) is 0 Å². The third kappa shape index (κ3) is 3.00. The van der Waals surface area contributed by atoms with Crippen molar-refractivity contribution >= 4 is 34.3 Å². The third-order valence-electron chi connectivity index (χ3n) is 3.55. The summed E-state index contributed by atoms with van der Waals surface area (Å²) >= 11 is 1.70. The molecule has 2 aromatic rings. The smallest absolute Gasteiger partial charge is 0.224 e. The molecule has 0 spiro atoms. The van der Waals surface area contributed by atoms with Crippen molar-refractivity contribution < 1.29 is 4.79 Å². The maximum Gasteiger partial charge on any atom is 0.224 e. The van der Waals surface area contributed by atoms with Gasteiger partial charge in [-0.05, 0) is 30.5 Å². The quantitative estimate of drug-likeness (QED) is 0.759. The van der Waals surface area contributed by atoms with E-state index in [0.717, 1.165) is 34.8 Å². The summed E-state index contributed by atoms with van der Waals surface area (Å²) in [7, 11) is 0. The van der Waals surface area contributed by atoms with Crippen LogP contribution in [0.1, 0.15) is 28.8 Å². The van der Waals surface area contributed by atoms with Crippen molar-refractivity contribution in [1.29, 1.82) is 0 Å². The Morgan fingerprint density at radius 1 is 1.43 bits per heavy atom. The number of rotatable bonds is 4. The zero-order chi connectivity index (χ0) is 14.8. The summed E-state index contributed by atoms with van der Waals surface area (Å²) in [5.74, 6) is 0.0609. The van der Waals surface area contributed by atoms with Gasteiger partial charge in [0.15, 0.2) is 0 Å². The molecular weight excluding hydrogens is 284 g/mol. The molecule has 0 saturated heterocycles. The maximum atomic E-state index is 11.5. The predicted octanol–water partition coefficient (Wildman–Crippen LogP) is 2.78. The van der Waals surface area contributed by atoms with Gasteiger partial charge < -0.3 is 16.4 Å². The fraction of sp³-hybridized carbons (Fsp3) is 0.333. The highest BCUT2D eigenvalue weighted by molar-refractivity contribution is 7.11. The van der Waals surface area contributed by atoms with Gasteiger partial charge in [-0.15, -0.1) is 11.3 Å². The van der Waals surface area contributed by atoms with Crippen molar-refractivity contribution in [2.45, 2.75) is 32.7 Å². The van der Waals surface area contributed by atoms with Crippen molar-refractivity contribution in [3.05, 3.63) is 33.8 Å². The summed E-state index contributed by atoms with van der Waals surface area (Å²) in [5, 5.41) is 7.23. The summed E-state index contributed by atoms with van der Waals surface area (Å²) in [6.07, 6.45) is 4.19. The largest absolute Gasteiger partial charge is 0.397 e. The van der Waals surface area contributed by atoms with E-state index in [1.807, 2.05) is 18.3 Å². The molecule has 0 bridgehead atoms. The highest BCUT2D eigenvalue weighted by Crippen LogP contribution is 2.31. The molecule has 1 aromatic heterocycles. The number of hydrogen-bond acceptors (Lipinski definition) is 5. The number of nitrogens with zero attached hydrogens (tertiary/aromatic N) is 1. The van der Waals surface area contributed by atoms with Gasteiger partial charge >= 0.3 is 0 Å². The Balaban J connectivity index is 1.76. The van der Waals surface area contributed by atoms with Gasteiger partial charge in [0.1, 0.15) is 5.01 Å². The van der Waals surface area contributed by atoms with Crippen LogP contribution in [0.25, 0.3) is 0 Å². The van der Waals surface area contributed by atoms with E-state index in [1.165, 1.54) is 4.88 Å². The van der Waals surface area contributed by atoms with Crippen molar-refractivity contribution in [3.63, 3.8) is 0 Å². The molecule has 0 atom stereocenters. The fourth-order valence-electron chi connectivity index (χ4n) is 2.36. The number of anilines is 3. The van der Waals surface area contributed by atoms with Gasteiger partial charge in [0.05, 0.1) is 17.9 Å². The Bertz CT molecular complexity index is 680. The van der Waals surface area contributed by atoms with E-state index in [4.69, 9.17) is 5.73 Å². The Labute approximate surface area is 127 Å².